The summed E-state index contributed by atoms with van der Waals surface area (Å²) < 4.78 is 0. The van der Waals surface area contributed by atoms with Crippen LogP contribution in [-0.4, -0.2) is 31.4 Å². The number of Topliss-reactive ketones (excluding diaryl/α,β-unsaturated/α-hetero) is 3. The Hall–Kier alpha value is -2.49. The Morgan fingerprint density at radius 1 is 0.974 bits per heavy atom. The van der Waals surface area contributed by atoms with Crippen molar-refractivity contribution in [3.8, 4) is 0 Å². The van der Waals surface area contributed by atoms with Gasteiger partial charge in [0.15, 0.2) is 17.3 Å². The highest BCUT2D eigenvalue weighted by Gasteiger charge is 2.63. The molecule has 0 aliphatic heterocycles. The lowest BCUT2D eigenvalue weighted by Crippen LogP contribution is -2.57. The van der Waals surface area contributed by atoms with Crippen molar-refractivity contribution in [3.05, 3.63) is 50.6 Å². The zero-order chi connectivity index (χ0) is 28.8. The highest BCUT2D eigenvalue weighted by molar-refractivity contribution is 6.24. The molecule has 1 fully saturated rings. The Balaban J connectivity index is 1.74. The highest BCUT2D eigenvalue weighted by atomic mass is 16.2. The van der Waals surface area contributed by atoms with Crippen molar-refractivity contribution < 1.29 is 14.4 Å². The molecule has 39 heavy (non-hydrogen) atoms. The van der Waals surface area contributed by atoms with E-state index in [9.17, 15) is 14.4 Å². The third kappa shape index (κ3) is 3.79. The van der Waals surface area contributed by atoms with Crippen LogP contribution >= 0.6 is 0 Å². The van der Waals surface area contributed by atoms with E-state index in [1.165, 1.54) is 49.4 Å². The summed E-state index contributed by atoms with van der Waals surface area (Å²) >= 11 is 0. The van der Waals surface area contributed by atoms with Gasteiger partial charge >= 0.3 is 0 Å². The van der Waals surface area contributed by atoms with E-state index in [4.69, 9.17) is 0 Å². The standard InChI is InChI=1S/C35H47NO3/c1-19-11-13-24(14-12-19)25-15-27(36(9)10)26-17-33(6)18-34(7)16-20(2)28(23(5)37)32(39)35(34,8)22(4)30(33)31(38)29(26)21(25)3/h15,19,24H,11-14,16-18H2,1-10H3. The molecule has 0 spiro atoms. The van der Waals surface area contributed by atoms with Crippen molar-refractivity contribution in [2.45, 2.75) is 106 Å². The Bertz CT molecular complexity index is 1370. The van der Waals surface area contributed by atoms with Crippen molar-refractivity contribution in [1.29, 1.82) is 0 Å². The first-order valence-electron chi connectivity index (χ1n) is 14.9. The van der Waals surface area contributed by atoms with E-state index in [0.717, 1.165) is 46.6 Å². The van der Waals surface area contributed by atoms with Crippen molar-refractivity contribution in [2.75, 3.05) is 19.0 Å². The Labute approximate surface area is 235 Å². The van der Waals surface area contributed by atoms with Crippen LogP contribution in [0.3, 0.4) is 0 Å². The molecule has 0 heterocycles. The Morgan fingerprint density at radius 2 is 1.59 bits per heavy atom. The lowest BCUT2D eigenvalue weighted by molar-refractivity contribution is -0.134. The lowest BCUT2D eigenvalue weighted by atomic mass is 9.42. The molecule has 0 saturated heterocycles. The summed E-state index contributed by atoms with van der Waals surface area (Å²) in [5.41, 5.74) is 7.03. The fourth-order valence-electron chi connectivity index (χ4n) is 9.38. The number of allylic oxidation sites excluding steroid dienone is 4. The minimum atomic E-state index is -0.870. The second-order valence-electron chi connectivity index (χ2n) is 14.5. The van der Waals surface area contributed by atoms with Crippen molar-refractivity contribution in [1.82, 2.24) is 0 Å². The lowest BCUT2D eigenvalue weighted by Gasteiger charge is -2.59. The van der Waals surface area contributed by atoms with Gasteiger partial charge in [0.2, 0.25) is 0 Å². The molecule has 4 aliphatic carbocycles. The number of nitrogens with zero attached hydrogens (tertiary/aromatic N) is 1. The van der Waals surface area contributed by atoms with E-state index in [2.05, 4.69) is 52.8 Å². The number of ketones is 3. The van der Waals surface area contributed by atoms with Crippen LogP contribution in [0.5, 0.6) is 0 Å². The van der Waals surface area contributed by atoms with E-state index >= 15 is 0 Å². The normalized spacial score (nSPS) is 34.5. The van der Waals surface area contributed by atoms with Gasteiger partial charge < -0.3 is 4.90 Å². The number of benzene rings is 1. The molecular formula is C35H47NO3. The maximum Gasteiger partial charge on any atom is 0.190 e. The zero-order valence-corrected chi connectivity index (χ0v) is 25.9. The first-order valence-corrected chi connectivity index (χ1v) is 14.9. The molecular weight excluding hydrogens is 482 g/mol. The summed E-state index contributed by atoms with van der Waals surface area (Å²) in [7, 11) is 4.19. The van der Waals surface area contributed by atoms with Crippen LogP contribution in [0.25, 0.3) is 0 Å². The number of hydrogen-bond donors (Lipinski definition) is 0. The number of anilines is 1. The second-order valence-corrected chi connectivity index (χ2v) is 14.5. The molecule has 1 aromatic carbocycles. The van der Waals surface area contributed by atoms with Gasteiger partial charge in [0, 0.05) is 36.3 Å². The molecule has 0 amide bonds. The van der Waals surface area contributed by atoms with E-state index in [1.54, 1.807) is 0 Å². The van der Waals surface area contributed by atoms with Gasteiger partial charge in [0.25, 0.3) is 0 Å². The molecule has 5 rings (SSSR count). The summed E-state index contributed by atoms with van der Waals surface area (Å²) in [5.74, 6) is 1.10. The van der Waals surface area contributed by atoms with Crippen LogP contribution in [0, 0.1) is 29.1 Å². The molecule has 1 aromatic rings. The van der Waals surface area contributed by atoms with Crippen molar-refractivity contribution in [3.63, 3.8) is 0 Å². The summed E-state index contributed by atoms with van der Waals surface area (Å²) in [6.07, 6.45) is 7.05. The molecule has 0 aromatic heterocycles. The monoisotopic (exact) mass is 529 g/mol. The van der Waals surface area contributed by atoms with E-state index in [0.29, 0.717) is 17.9 Å². The molecule has 4 aliphatic rings. The smallest absolute Gasteiger partial charge is 0.190 e. The van der Waals surface area contributed by atoms with Gasteiger partial charge in [-0.3, -0.25) is 14.4 Å². The fraction of sp³-hybridized carbons (Fsp3) is 0.629. The number of carbonyl (C=O) groups is 3. The van der Waals surface area contributed by atoms with Crippen LogP contribution in [-0.2, 0) is 16.0 Å². The zero-order valence-electron chi connectivity index (χ0n) is 25.9. The third-order valence-corrected chi connectivity index (χ3v) is 11.5. The first-order chi connectivity index (χ1) is 18.1. The van der Waals surface area contributed by atoms with Gasteiger partial charge in [-0.05, 0) is 107 Å². The molecule has 4 nitrogen and oxygen atoms in total. The SMILES string of the molecule is CC(=O)C1=C(C)CC2(C)CC3(C)Cc4c(N(C)C)cc(C5CCC(C)CC5)c(C)c4C(=O)C3=C(C)C2(C)C1=O. The maximum atomic E-state index is 14.8. The summed E-state index contributed by atoms with van der Waals surface area (Å²) in [6, 6.07) is 2.39. The van der Waals surface area contributed by atoms with Gasteiger partial charge in [-0.1, -0.05) is 44.8 Å². The predicted octanol–water partition coefficient (Wildman–Crippen LogP) is 7.71. The molecule has 0 bridgehead atoms. The van der Waals surface area contributed by atoms with Crippen molar-refractivity contribution in [2.24, 2.45) is 22.2 Å². The van der Waals surface area contributed by atoms with Gasteiger partial charge in [0.1, 0.15) is 0 Å². The number of fused-ring (bicyclic) bond motifs is 3. The first kappa shape index (κ1) is 28.1. The molecule has 0 N–H and O–H groups in total. The van der Waals surface area contributed by atoms with Crippen LogP contribution in [0.1, 0.15) is 120 Å². The number of hydrogen-bond acceptors (Lipinski definition) is 4. The minimum Gasteiger partial charge on any atom is -0.377 e. The van der Waals surface area contributed by atoms with Gasteiger partial charge in [-0.2, -0.15) is 0 Å². The average Bonchev–Trinajstić information content (AvgIpc) is 2.81. The third-order valence-electron chi connectivity index (χ3n) is 11.5. The Morgan fingerprint density at radius 3 is 2.15 bits per heavy atom. The van der Waals surface area contributed by atoms with E-state index in [1.807, 2.05) is 20.8 Å². The van der Waals surface area contributed by atoms with E-state index in [-0.39, 0.29) is 28.2 Å². The number of rotatable bonds is 3. The molecule has 3 atom stereocenters. The largest absolute Gasteiger partial charge is 0.377 e. The molecule has 3 unspecified atom stereocenters. The summed E-state index contributed by atoms with van der Waals surface area (Å²) in [6.45, 7) is 16.4. The number of carbonyl (C=O) groups excluding carboxylic acids is 3. The minimum absolute atomic E-state index is 0.0947. The van der Waals surface area contributed by atoms with Crippen LogP contribution in [0.4, 0.5) is 5.69 Å². The maximum absolute atomic E-state index is 14.8. The predicted molar refractivity (Wildman–Crippen MR) is 159 cm³/mol. The van der Waals surface area contributed by atoms with Crippen molar-refractivity contribution >= 4 is 23.0 Å². The van der Waals surface area contributed by atoms with Crippen LogP contribution in [0.15, 0.2) is 28.4 Å². The quantitative estimate of drug-likeness (QED) is 0.376. The molecule has 4 heteroatoms. The van der Waals surface area contributed by atoms with Gasteiger partial charge in [-0.15, -0.1) is 0 Å². The highest BCUT2D eigenvalue weighted by Crippen LogP contribution is 2.66. The molecule has 210 valence electrons. The van der Waals surface area contributed by atoms with Crippen LogP contribution < -0.4 is 4.90 Å². The average molecular weight is 530 g/mol. The fourth-order valence-corrected chi connectivity index (χ4v) is 9.38. The van der Waals surface area contributed by atoms with Crippen LogP contribution in [0.2, 0.25) is 0 Å². The van der Waals surface area contributed by atoms with Gasteiger partial charge in [0.05, 0.1) is 11.0 Å². The molecule has 0 radical (unpaired) electrons. The topological polar surface area (TPSA) is 54.5 Å². The van der Waals surface area contributed by atoms with E-state index < -0.39 is 5.41 Å². The van der Waals surface area contributed by atoms with Gasteiger partial charge in [-0.25, -0.2) is 0 Å². The second kappa shape index (κ2) is 9.01. The summed E-state index contributed by atoms with van der Waals surface area (Å²) in [4.78, 5) is 43.7. The molecule has 1 saturated carbocycles. The summed E-state index contributed by atoms with van der Waals surface area (Å²) in [5, 5.41) is 0. The Kier molecular flexibility index (Phi) is 6.48.